The molecule has 0 saturated carbocycles. The minimum atomic E-state index is -1.14. The molecule has 0 bridgehead atoms. The lowest BCUT2D eigenvalue weighted by Crippen LogP contribution is -2.64. The summed E-state index contributed by atoms with van der Waals surface area (Å²) in [5, 5.41) is 2.50. The van der Waals surface area contributed by atoms with E-state index in [4.69, 9.17) is 0 Å². The van der Waals surface area contributed by atoms with Crippen molar-refractivity contribution in [1.29, 1.82) is 0 Å². The number of hydrogen-bond donors (Lipinski definition) is 1. The zero-order valence-corrected chi connectivity index (χ0v) is 10.9. The zero-order chi connectivity index (χ0) is 14.4. The molecule has 2 amide bonds. The quantitative estimate of drug-likeness (QED) is 0.839. The Balaban J connectivity index is 2.49. The third-order valence-corrected chi connectivity index (χ3v) is 3.05. The number of halogens is 2. The molecule has 1 aliphatic rings. The minimum absolute atomic E-state index is 0.148. The van der Waals surface area contributed by atoms with Crippen LogP contribution in [0.5, 0.6) is 0 Å². The largest absolute Gasteiger partial charge is 0.341 e. The van der Waals surface area contributed by atoms with E-state index < -0.39 is 29.0 Å². The molecule has 2 rings (SSSR count). The van der Waals surface area contributed by atoms with Crippen LogP contribution in [0.3, 0.4) is 0 Å². The molecule has 19 heavy (non-hydrogen) atoms. The van der Waals surface area contributed by atoms with E-state index in [1.807, 2.05) is 0 Å². The first-order chi connectivity index (χ1) is 8.72. The van der Waals surface area contributed by atoms with Gasteiger partial charge in [0.15, 0.2) is 0 Å². The van der Waals surface area contributed by atoms with E-state index in [1.165, 1.54) is 20.8 Å². The van der Waals surface area contributed by atoms with Crippen molar-refractivity contribution in [2.24, 2.45) is 0 Å². The molecular weight excluding hydrogens is 254 g/mol. The van der Waals surface area contributed by atoms with E-state index in [0.717, 1.165) is 17.0 Å². The lowest BCUT2D eigenvalue weighted by Gasteiger charge is -2.37. The first-order valence-corrected chi connectivity index (χ1v) is 5.81. The highest BCUT2D eigenvalue weighted by molar-refractivity contribution is 6.08. The Morgan fingerprint density at radius 2 is 1.84 bits per heavy atom. The smallest absolute Gasteiger partial charge is 0.252 e. The molecule has 1 saturated heterocycles. The highest BCUT2D eigenvalue weighted by Gasteiger charge is 2.40. The Hall–Kier alpha value is -1.98. The third kappa shape index (κ3) is 2.30. The number of anilines is 1. The lowest BCUT2D eigenvalue weighted by atomic mass is 9.99. The predicted octanol–water partition coefficient (Wildman–Crippen LogP) is 1.51. The average molecular weight is 268 g/mol. The van der Waals surface area contributed by atoms with Gasteiger partial charge in [0.2, 0.25) is 5.91 Å². The number of nitrogens with one attached hydrogen (secondary N) is 1. The van der Waals surface area contributed by atoms with Crippen LogP contribution in [0.1, 0.15) is 19.4 Å². The van der Waals surface area contributed by atoms with E-state index in [9.17, 15) is 18.4 Å². The molecule has 102 valence electrons. The fraction of sp³-hybridized carbons (Fsp3) is 0.385. The summed E-state index contributed by atoms with van der Waals surface area (Å²) in [6.45, 7) is 4.14. The molecule has 1 heterocycles. The van der Waals surface area contributed by atoms with Crippen molar-refractivity contribution in [3.63, 3.8) is 0 Å². The van der Waals surface area contributed by atoms with Gasteiger partial charge in [-0.2, -0.15) is 0 Å². The average Bonchev–Trinajstić information content (AvgIpc) is 2.28. The standard InChI is InChI=1S/C13H14F2N2O2/c1-7-4-9(15)10(5-8(7)14)17-6-11(18)16-13(2,3)12(17)19/h4-5H,6H2,1-3H3,(H,16,18). The molecule has 1 aromatic rings. The number of nitrogens with zero attached hydrogens (tertiary/aromatic N) is 1. The number of piperazine rings is 1. The summed E-state index contributed by atoms with van der Waals surface area (Å²) in [5.41, 5.74) is -1.20. The van der Waals surface area contributed by atoms with Gasteiger partial charge in [0, 0.05) is 6.07 Å². The Labute approximate surface area is 109 Å². The number of hydrogen-bond acceptors (Lipinski definition) is 2. The molecule has 0 unspecified atom stereocenters. The summed E-state index contributed by atoms with van der Waals surface area (Å²) in [6.07, 6.45) is 0. The fourth-order valence-corrected chi connectivity index (χ4v) is 2.03. The summed E-state index contributed by atoms with van der Waals surface area (Å²) in [7, 11) is 0. The van der Waals surface area contributed by atoms with Gasteiger partial charge in [-0.3, -0.25) is 14.5 Å². The normalized spacial score (nSPS) is 18.5. The van der Waals surface area contributed by atoms with Gasteiger partial charge in [0.25, 0.3) is 5.91 Å². The molecule has 0 spiro atoms. The summed E-state index contributed by atoms with van der Waals surface area (Å²) >= 11 is 0. The van der Waals surface area contributed by atoms with Crippen molar-refractivity contribution in [3.8, 4) is 0 Å². The van der Waals surface area contributed by atoms with Gasteiger partial charge in [-0.1, -0.05) is 0 Å². The second kappa shape index (κ2) is 4.29. The van der Waals surface area contributed by atoms with Crippen molar-refractivity contribution in [2.45, 2.75) is 26.3 Å². The second-order valence-corrected chi connectivity index (χ2v) is 5.12. The summed E-state index contributed by atoms with van der Waals surface area (Å²) in [5.74, 6) is -2.23. The number of rotatable bonds is 1. The third-order valence-electron chi connectivity index (χ3n) is 3.05. The van der Waals surface area contributed by atoms with Crippen LogP contribution >= 0.6 is 0 Å². The molecule has 0 aliphatic carbocycles. The maximum absolute atomic E-state index is 13.9. The van der Waals surface area contributed by atoms with E-state index in [-0.39, 0.29) is 17.8 Å². The fourth-order valence-electron chi connectivity index (χ4n) is 2.03. The van der Waals surface area contributed by atoms with E-state index in [0.29, 0.717) is 0 Å². The monoisotopic (exact) mass is 268 g/mol. The summed E-state index contributed by atoms with van der Waals surface area (Å²) < 4.78 is 27.4. The maximum Gasteiger partial charge on any atom is 0.252 e. The van der Waals surface area contributed by atoms with Gasteiger partial charge in [0.1, 0.15) is 23.7 Å². The molecule has 1 aromatic carbocycles. The Kier molecular flexibility index (Phi) is 3.04. The van der Waals surface area contributed by atoms with Crippen LogP contribution in [-0.4, -0.2) is 23.9 Å². The molecule has 1 N–H and O–H groups in total. The van der Waals surface area contributed by atoms with Crippen molar-refractivity contribution in [2.75, 3.05) is 11.4 Å². The molecular formula is C13H14F2N2O2. The van der Waals surface area contributed by atoms with Gasteiger partial charge in [-0.05, 0) is 32.4 Å². The van der Waals surface area contributed by atoms with Crippen LogP contribution in [0.2, 0.25) is 0 Å². The molecule has 0 atom stereocenters. The molecule has 1 aliphatic heterocycles. The van der Waals surface area contributed by atoms with Crippen molar-refractivity contribution in [3.05, 3.63) is 29.3 Å². The second-order valence-electron chi connectivity index (χ2n) is 5.12. The van der Waals surface area contributed by atoms with Crippen LogP contribution < -0.4 is 10.2 Å². The maximum atomic E-state index is 13.9. The van der Waals surface area contributed by atoms with Gasteiger partial charge in [-0.25, -0.2) is 8.78 Å². The van der Waals surface area contributed by atoms with E-state index in [2.05, 4.69) is 5.32 Å². The summed E-state index contributed by atoms with van der Waals surface area (Å²) in [6, 6.07) is 1.95. The van der Waals surface area contributed by atoms with Crippen LogP contribution in [0.25, 0.3) is 0 Å². The SMILES string of the molecule is Cc1cc(F)c(N2CC(=O)NC(C)(C)C2=O)cc1F. The van der Waals surface area contributed by atoms with E-state index >= 15 is 0 Å². The number of amides is 2. The number of carbonyl (C=O) groups excluding carboxylic acids is 2. The van der Waals surface area contributed by atoms with Crippen LogP contribution in [0.15, 0.2) is 12.1 Å². The molecule has 0 radical (unpaired) electrons. The van der Waals surface area contributed by atoms with Crippen LogP contribution in [0.4, 0.5) is 14.5 Å². The Morgan fingerprint density at radius 3 is 2.47 bits per heavy atom. The van der Waals surface area contributed by atoms with E-state index in [1.54, 1.807) is 0 Å². The highest BCUT2D eigenvalue weighted by Crippen LogP contribution is 2.26. The lowest BCUT2D eigenvalue weighted by molar-refractivity contribution is -0.134. The van der Waals surface area contributed by atoms with Crippen molar-refractivity contribution >= 4 is 17.5 Å². The predicted molar refractivity (Wildman–Crippen MR) is 65.7 cm³/mol. The van der Waals surface area contributed by atoms with Crippen molar-refractivity contribution in [1.82, 2.24) is 5.32 Å². The molecule has 1 fully saturated rings. The Morgan fingerprint density at radius 1 is 1.21 bits per heavy atom. The topological polar surface area (TPSA) is 49.4 Å². The number of aryl methyl sites for hydroxylation is 1. The van der Waals surface area contributed by atoms with Crippen molar-refractivity contribution < 1.29 is 18.4 Å². The Bertz CT molecular complexity index is 570. The molecule has 0 aromatic heterocycles. The zero-order valence-electron chi connectivity index (χ0n) is 10.9. The van der Waals surface area contributed by atoms with Gasteiger partial charge in [0.05, 0.1) is 5.69 Å². The highest BCUT2D eigenvalue weighted by atomic mass is 19.1. The summed E-state index contributed by atoms with van der Waals surface area (Å²) in [4.78, 5) is 24.7. The number of carbonyl (C=O) groups is 2. The van der Waals surface area contributed by atoms with Gasteiger partial charge >= 0.3 is 0 Å². The van der Waals surface area contributed by atoms with Gasteiger partial charge in [-0.15, -0.1) is 0 Å². The first kappa shape index (κ1) is 13.5. The minimum Gasteiger partial charge on any atom is -0.341 e. The molecule has 4 nitrogen and oxygen atoms in total. The number of benzene rings is 1. The van der Waals surface area contributed by atoms with Gasteiger partial charge < -0.3 is 5.32 Å². The first-order valence-electron chi connectivity index (χ1n) is 5.81. The van der Waals surface area contributed by atoms with Crippen LogP contribution in [-0.2, 0) is 9.59 Å². The molecule has 6 heteroatoms. The van der Waals surface area contributed by atoms with Crippen LogP contribution in [0, 0.1) is 18.6 Å².